The Labute approximate surface area is 101 Å². The van der Waals surface area contributed by atoms with E-state index in [0.717, 1.165) is 0 Å². The SMILES string of the molecule is Cc1nc(CSc2ncccc2C(=O)O)no1. The molecule has 0 aliphatic carbocycles. The summed E-state index contributed by atoms with van der Waals surface area (Å²) in [6.07, 6.45) is 1.55. The fraction of sp³-hybridized carbons (Fsp3) is 0.200. The first-order chi connectivity index (χ1) is 8.16. The number of aromatic nitrogens is 3. The molecule has 7 heteroatoms. The molecule has 0 aromatic carbocycles. The Morgan fingerprint density at radius 1 is 1.59 bits per heavy atom. The zero-order valence-corrected chi connectivity index (χ0v) is 9.77. The van der Waals surface area contributed by atoms with E-state index in [9.17, 15) is 4.79 Å². The molecule has 2 heterocycles. The van der Waals surface area contributed by atoms with Gasteiger partial charge in [-0.2, -0.15) is 4.98 Å². The van der Waals surface area contributed by atoms with Gasteiger partial charge in [0.1, 0.15) is 5.03 Å². The van der Waals surface area contributed by atoms with Crippen LogP contribution in [0.1, 0.15) is 22.1 Å². The largest absolute Gasteiger partial charge is 0.478 e. The molecule has 88 valence electrons. The number of rotatable bonds is 4. The Balaban J connectivity index is 2.11. The van der Waals surface area contributed by atoms with Gasteiger partial charge >= 0.3 is 5.97 Å². The van der Waals surface area contributed by atoms with Gasteiger partial charge < -0.3 is 9.63 Å². The van der Waals surface area contributed by atoms with Crippen molar-refractivity contribution in [2.45, 2.75) is 17.7 Å². The minimum atomic E-state index is -0.995. The number of aryl methyl sites for hydroxylation is 1. The maximum Gasteiger partial charge on any atom is 0.338 e. The highest BCUT2D eigenvalue weighted by Gasteiger charge is 2.12. The van der Waals surface area contributed by atoms with E-state index in [0.29, 0.717) is 22.5 Å². The lowest BCUT2D eigenvalue weighted by Crippen LogP contribution is -2.00. The van der Waals surface area contributed by atoms with E-state index in [2.05, 4.69) is 15.1 Å². The second-order valence-electron chi connectivity index (χ2n) is 3.18. The molecule has 0 atom stereocenters. The van der Waals surface area contributed by atoms with Crippen molar-refractivity contribution in [3.05, 3.63) is 35.6 Å². The average Bonchev–Trinajstić information content (AvgIpc) is 2.73. The van der Waals surface area contributed by atoms with E-state index >= 15 is 0 Å². The third-order valence-corrected chi connectivity index (χ3v) is 2.91. The van der Waals surface area contributed by atoms with Crippen LogP contribution in [0.3, 0.4) is 0 Å². The lowest BCUT2D eigenvalue weighted by Gasteiger charge is -2.01. The first-order valence-electron chi connectivity index (χ1n) is 4.77. The standard InChI is InChI=1S/C10H9N3O3S/c1-6-12-8(13-16-6)5-17-9-7(10(14)15)3-2-4-11-9/h2-4H,5H2,1H3,(H,14,15). The van der Waals surface area contributed by atoms with Crippen molar-refractivity contribution in [1.82, 2.24) is 15.1 Å². The lowest BCUT2D eigenvalue weighted by molar-refractivity contribution is 0.0692. The van der Waals surface area contributed by atoms with Gasteiger partial charge in [0.15, 0.2) is 5.82 Å². The van der Waals surface area contributed by atoms with Crippen LogP contribution in [0, 0.1) is 6.92 Å². The summed E-state index contributed by atoms with van der Waals surface area (Å²) in [6.45, 7) is 1.70. The number of pyridine rings is 1. The van der Waals surface area contributed by atoms with E-state index < -0.39 is 5.97 Å². The van der Waals surface area contributed by atoms with Crippen LogP contribution in [0.15, 0.2) is 27.9 Å². The van der Waals surface area contributed by atoms with Crippen LogP contribution in [0.25, 0.3) is 0 Å². The van der Waals surface area contributed by atoms with Gasteiger partial charge in [-0.3, -0.25) is 0 Å². The van der Waals surface area contributed by atoms with Crippen LogP contribution in [-0.4, -0.2) is 26.2 Å². The molecular weight excluding hydrogens is 242 g/mol. The first-order valence-corrected chi connectivity index (χ1v) is 5.75. The summed E-state index contributed by atoms with van der Waals surface area (Å²) < 4.78 is 4.82. The Kier molecular flexibility index (Phi) is 3.38. The van der Waals surface area contributed by atoms with Crippen molar-refractivity contribution >= 4 is 17.7 Å². The topological polar surface area (TPSA) is 89.1 Å². The van der Waals surface area contributed by atoms with Gasteiger partial charge in [0.2, 0.25) is 5.89 Å². The molecule has 0 fully saturated rings. The van der Waals surface area contributed by atoms with E-state index in [-0.39, 0.29) is 5.56 Å². The average molecular weight is 251 g/mol. The molecule has 2 aromatic rings. The van der Waals surface area contributed by atoms with Crippen LogP contribution in [0.5, 0.6) is 0 Å². The van der Waals surface area contributed by atoms with E-state index in [1.807, 2.05) is 0 Å². The van der Waals surface area contributed by atoms with Gasteiger partial charge in [-0.25, -0.2) is 9.78 Å². The molecular formula is C10H9N3O3S. The molecule has 0 aliphatic rings. The summed E-state index contributed by atoms with van der Waals surface area (Å²) in [5.74, 6) is 0.439. The molecule has 0 radical (unpaired) electrons. The van der Waals surface area contributed by atoms with Crippen LogP contribution in [-0.2, 0) is 5.75 Å². The van der Waals surface area contributed by atoms with E-state index in [1.165, 1.54) is 17.8 Å². The van der Waals surface area contributed by atoms with Gasteiger partial charge in [-0.15, -0.1) is 0 Å². The van der Waals surface area contributed by atoms with Crippen LogP contribution in [0.4, 0.5) is 0 Å². The summed E-state index contributed by atoms with van der Waals surface area (Å²) >= 11 is 1.26. The summed E-state index contributed by atoms with van der Waals surface area (Å²) in [5.41, 5.74) is 0.178. The van der Waals surface area contributed by atoms with Crippen LogP contribution in [0.2, 0.25) is 0 Å². The Bertz CT molecular complexity index is 541. The fourth-order valence-electron chi connectivity index (χ4n) is 1.20. The van der Waals surface area contributed by atoms with Crippen molar-refractivity contribution in [2.24, 2.45) is 0 Å². The van der Waals surface area contributed by atoms with E-state index in [1.54, 1.807) is 19.2 Å². The quantitative estimate of drug-likeness (QED) is 0.828. The zero-order chi connectivity index (χ0) is 12.3. The predicted octanol–water partition coefficient (Wildman–Crippen LogP) is 1.76. The number of aromatic carboxylic acids is 1. The highest BCUT2D eigenvalue weighted by Crippen LogP contribution is 2.22. The number of carboxylic acid groups (broad SMARTS) is 1. The van der Waals surface area contributed by atoms with Crippen LogP contribution < -0.4 is 0 Å². The predicted molar refractivity (Wildman–Crippen MR) is 59.8 cm³/mol. The third-order valence-electron chi connectivity index (χ3n) is 1.91. The molecule has 0 unspecified atom stereocenters. The molecule has 0 spiro atoms. The number of thioether (sulfide) groups is 1. The van der Waals surface area contributed by atoms with Gasteiger partial charge in [0.25, 0.3) is 0 Å². The van der Waals surface area contributed by atoms with Gasteiger partial charge in [-0.05, 0) is 12.1 Å². The molecule has 0 bridgehead atoms. The lowest BCUT2D eigenvalue weighted by atomic mass is 10.3. The summed E-state index contributed by atoms with van der Waals surface area (Å²) in [7, 11) is 0. The Hall–Kier alpha value is -1.89. The molecule has 0 aliphatic heterocycles. The highest BCUT2D eigenvalue weighted by atomic mass is 32.2. The Morgan fingerprint density at radius 2 is 2.41 bits per heavy atom. The molecule has 1 N–H and O–H groups in total. The second-order valence-corrected chi connectivity index (χ2v) is 4.14. The minimum absolute atomic E-state index is 0.178. The van der Waals surface area contributed by atoms with Gasteiger partial charge in [0.05, 0.1) is 11.3 Å². The second kappa shape index (κ2) is 4.96. The minimum Gasteiger partial charge on any atom is -0.478 e. The summed E-state index contributed by atoms with van der Waals surface area (Å²) in [6, 6.07) is 3.10. The molecule has 0 saturated heterocycles. The molecule has 0 saturated carbocycles. The Morgan fingerprint density at radius 3 is 3.06 bits per heavy atom. The van der Waals surface area contributed by atoms with Crippen molar-refractivity contribution in [1.29, 1.82) is 0 Å². The van der Waals surface area contributed by atoms with Crippen molar-refractivity contribution < 1.29 is 14.4 Å². The third kappa shape index (κ3) is 2.82. The van der Waals surface area contributed by atoms with Gasteiger partial charge in [-0.1, -0.05) is 16.9 Å². The smallest absolute Gasteiger partial charge is 0.338 e. The molecule has 2 aromatic heterocycles. The number of hydrogen-bond donors (Lipinski definition) is 1. The van der Waals surface area contributed by atoms with Crippen molar-refractivity contribution in [2.75, 3.05) is 0 Å². The molecule has 17 heavy (non-hydrogen) atoms. The van der Waals surface area contributed by atoms with E-state index in [4.69, 9.17) is 9.63 Å². The normalized spacial score (nSPS) is 10.4. The summed E-state index contributed by atoms with van der Waals surface area (Å²) in [4.78, 5) is 19.0. The monoisotopic (exact) mass is 251 g/mol. The number of hydrogen-bond acceptors (Lipinski definition) is 6. The van der Waals surface area contributed by atoms with Crippen molar-refractivity contribution in [3.8, 4) is 0 Å². The molecule has 2 rings (SSSR count). The fourth-order valence-corrected chi connectivity index (χ4v) is 2.03. The van der Waals surface area contributed by atoms with Gasteiger partial charge in [0, 0.05) is 13.1 Å². The zero-order valence-electron chi connectivity index (χ0n) is 8.95. The van der Waals surface area contributed by atoms with Crippen LogP contribution >= 0.6 is 11.8 Å². The molecule has 6 nitrogen and oxygen atoms in total. The molecule has 0 amide bonds. The number of carbonyl (C=O) groups is 1. The summed E-state index contributed by atoms with van der Waals surface area (Å²) in [5, 5.41) is 13.1. The first kappa shape index (κ1) is 11.6. The number of carboxylic acids is 1. The van der Waals surface area contributed by atoms with Crippen molar-refractivity contribution in [3.63, 3.8) is 0 Å². The highest BCUT2D eigenvalue weighted by molar-refractivity contribution is 7.98. The number of nitrogens with zero attached hydrogens (tertiary/aromatic N) is 3. The maximum absolute atomic E-state index is 10.9. The maximum atomic E-state index is 10.9.